The molecule has 6 aromatic rings. The number of benzene rings is 1. The molecule has 0 spiro atoms. The highest BCUT2D eigenvalue weighted by Gasteiger charge is 2.17. The van der Waals surface area contributed by atoms with Crippen molar-refractivity contribution in [3.05, 3.63) is 73.3 Å². The van der Waals surface area contributed by atoms with E-state index in [1.165, 1.54) is 12.4 Å². The highest BCUT2D eigenvalue weighted by atomic mass is 19.1. The first-order valence-corrected chi connectivity index (χ1v) is 9.47. The summed E-state index contributed by atoms with van der Waals surface area (Å²) < 4.78 is 14.4. The monoisotopic (exact) mass is 408 g/mol. The molecule has 0 radical (unpaired) electrons. The highest BCUT2D eigenvalue weighted by Crippen LogP contribution is 2.32. The SMILES string of the molecule is Fc1ccccc1-c1ccnc2nc(-c3[nH]nc4ncc(-c5cncnc5)cc34)[nH]c12. The third kappa shape index (κ3) is 2.83. The molecule has 8 nitrogen and oxygen atoms in total. The van der Waals surface area contributed by atoms with Crippen LogP contribution in [0.1, 0.15) is 0 Å². The number of hydrogen-bond donors (Lipinski definition) is 2. The van der Waals surface area contributed by atoms with Gasteiger partial charge in [0, 0.05) is 47.0 Å². The summed E-state index contributed by atoms with van der Waals surface area (Å²) in [5.74, 6) is 0.231. The van der Waals surface area contributed by atoms with E-state index in [2.05, 4.69) is 40.1 Å². The fourth-order valence-corrected chi connectivity index (χ4v) is 3.62. The number of hydrogen-bond acceptors (Lipinski definition) is 6. The zero-order valence-corrected chi connectivity index (χ0v) is 15.9. The summed E-state index contributed by atoms with van der Waals surface area (Å²) in [5.41, 5.74) is 5.22. The van der Waals surface area contributed by atoms with E-state index < -0.39 is 0 Å². The van der Waals surface area contributed by atoms with Gasteiger partial charge in [0.15, 0.2) is 17.1 Å². The lowest BCUT2D eigenvalue weighted by molar-refractivity contribution is 0.631. The van der Waals surface area contributed by atoms with Crippen LogP contribution in [0.4, 0.5) is 4.39 Å². The van der Waals surface area contributed by atoms with Crippen LogP contribution in [0.5, 0.6) is 0 Å². The molecule has 31 heavy (non-hydrogen) atoms. The van der Waals surface area contributed by atoms with Crippen LogP contribution >= 0.6 is 0 Å². The topological polar surface area (TPSA) is 109 Å². The van der Waals surface area contributed by atoms with E-state index in [4.69, 9.17) is 0 Å². The number of fused-ring (bicyclic) bond motifs is 2. The first-order valence-electron chi connectivity index (χ1n) is 9.47. The predicted octanol–water partition coefficient (Wildman–Crippen LogP) is 4.16. The van der Waals surface area contributed by atoms with E-state index in [1.807, 2.05) is 6.07 Å². The lowest BCUT2D eigenvalue weighted by Gasteiger charge is -2.03. The maximum absolute atomic E-state index is 14.4. The number of aromatic amines is 2. The van der Waals surface area contributed by atoms with Gasteiger partial charge in [0.25, 0.3) is 0 Å². The summed E-state index contributed by atoms with van der Waals surface area (Å²) in [7, 11) is 0. The van der Waals surface area contributed by atoms with Crippen LogP contribution in [0.2, 0.25) is 0 Å². The van der Waals surface area contributed by atoms with Gasteiger partial charge in [-0.15, -0.1) is 0 Å². The number of H-pyrrole nitrogens is 2. The third-order valence-corrected chi connectivity index (χ3v) is 5.10. The van der Waals surface area contributed by atoms with Crippen molar-refractivity contribution < 1.29 is 4.39 Å². The molecular formula is C22H13FN8. The van der Waals surface area contributed by atoms with E-state index in [-0.39, 0.29) is 5.82 Å². The number of nitrogens with zero attached hydrogens (tertiary/aromatic N) is 6. The quantitative estimate of drug-likeness (QED) is 0.455. The van der Waals surface area contributed by atoms with Gasteiger partial charge < -0.3 is 4.98 Å². The van der Waals surface area contributed by atoms with Gasteiger partial charge >= 0.3 is 0 Å². The van der Waals surface area contributed by atoms with Gasteiger partial charge in [-0.1, -0.05) is 18.2 Å². The Labute approximate surface area is 174 Å². The lowest BCUT2D eigenvalue weighted by atomic mass is 10.1. The molecule has 5 aromatic heterocycles. The molecule has 1 aromatic carbocycles. The fraction of sp³-hybridized carbons (Fsp3) is 0. The van der Waals surface area contributed by atoms with Gasteiger partial charge in [-0.2, -0.15) is 5.10 Å². The van der Waals surface area contributed by atoms with E-state index in [0.717, 1.165) is 16.5 Å². The Kier molecular flexibility index (Phi) is 3.79. The van der Waals surface area contributed by atoms with Crippen LogP contribution in [0.15, 0.2) is 67.5 Å². The minimum Gasteiger partial charge on any atom is -0.335 e. The number of pyridine rings is 2. The summed E-state index contributed by atoms with van der Waals surface area (Å²) in [5, 5.41) is 8.07. The van der Waals surface area contributed by atoms with Crippen LogP contribution in [0, 0.1) is 5.82 Å². The van der Waals surface area contributed by atoms with E-state index in [1.54, 1.807) is 49.1 Å². The normalized spacial score (nSPS) is 11.4. The fourth-order valence-electron chi connectivity index (χ4n) is 3.62. The van der Waals surface area contributed by atoms with Gasteiger partial charge in [0.2, 0.25) is 0 Å². The maximum Gasteiger partial charge on any atom is 0.181 e. The van der Waals surface area contributed by atoms with E-state index in [9.17, 15) is 4.39 Å². The Morgan fingerprint density at radius 3 is 2.58 bits per heavy atom. The standard InChI is InChI=1S/C22H13FN8/c23-17-4-2-1-3-14(17)15-5-6-26-21-18(15)28-22(29-21)19-16-7-12(10-27-20(16)31-30-19)13-8-24-11-25-9-13/h1-11H,(H,26,28,29)(H,27,30,31). The zero-order chi connectivity index (χ0) is 20.8. The van der Waals surface area contributed by atoms with Crippen LogP contribution in [-0.2, 0) is 0 Å². The highest BCUT2D eigenvalue weighted by molar-refractivity contribution is 5.96. The first-order chi connectivity index (χ1) is 15.3. The van der Waals surface area contributed by atoms with Crippen molar-refractivity contribution >= 4 is 22.2 Å². The number of nitrogens with one attached hydrogen (secondary N) is 2. The molecule has 6 rings (SSSR count). The Morgan fingerprint density at radius 1 is 0.839 bits per heavy atom. The molecule has 0 bridgehead atoms. The first kappa shape index (κ1) is 17.3. The van der Waals surface area contributed by atoms with Crippen molar-refractivity contribution in [3.63, 3.8) is 0 Å². The molecule has 0 saturated heterocycles. The van der Waals surface area contributed by atoms with Gasteiger partial charge in [-0.25, -0.2) is 29.3 Å². The average molecular weight is 408 g/mol. The minimum absolute atomic E-state index is 0.308. The van der Waals surface area contributed by atoms with Crippen molar-refractivity contribution in [2.45, 2.75) is 0 Å². The Balaban J connectivity index is 1.53. The zero-order valence-electron chi connectivity index (χ0n) is 15.9. The van der Waals surface area contributed by atoms with Crippen LogP contribution in [-0.4, -0.2) is 40.1 Å². The average Bonchev–Trinajstić information content (AvgIpc) is 3.43. The van der Waals surface area contributed by atoms with E-state index >= 15 is 0 Å². The molecule has 0 aliphatic carbocycles. The number of rotatable bonds is 3. The van der Waals surface area contributed by atoms with E-state index in [0.29, 0.717) is 39.5 Å². The smallest absolute Gasteiger partial charge is 0.181 e. The summed E-state index contributed by atoms with van der Waals surface area (Å²) >= 11 is 0. The number of aromatic nitrogens is 8. The predicted molar refractivity (Wildman–Crippen MR) is 113 cm³/mol. The molecule has 5 heterocycles. The van der Waals surface area contributed by atoms with Crippen molar-refractivity contribution in [1.29, 1.82) is 0 Å². The van der Waals surface area contributed by atoms with Gasteiger partial charge in [-0.05, 0) is 18.2 Å². The second-order valence-corrected chi connectivity index (χ2v) is 6.94. The minimum atomic E-state index is -0.308. The summed E-state index contributed by atoms with van der Waals surface area (Å²) in [6, 6.07) is 10.3. The molecule has 0 fully saturated rings. The summed E-state index contributed by atoms with van der Waals surface area (Å²) in [4.78, 5) is 24.8. The van der Waals surface area contributed by atoms with Crippen LogP contribution in [0.25, 0.3) is 56.0 Å². The molecule has 0 unspecified atom stereocenters. The second kappa shape index (κ2) is 6.77. The van der Waals surface area contributed by atoms with Crippen molar-refractivity contribution in [2.24, 2.45) is 0 Å². The Morgan fingerprint density at radius 2 is 1.71 bits per heavy atom. The molecule has 2 N–H and O–H groups in total. The Bertz CT molecular complexity index is 1550. The lowest BCUT2D eigenvalue weighted by Crippen LogP contribution is -1.87. The van der Waals surface area contributed by atoms with Gasteiger partial charge in [0.1, 0.15) is 17.8 Å². The number of halogens is 1. The second-order valence-electron chi connectivity index (χ2n) is 6.94. The molecule has 0 saturated carbocycles. The molecule has 0 atom stereocenters. The largest absolute Gasteiger partial charge is 0.335 e. The van der Waals surface area contributed by atoms with Crippen molar-refractivity contribution in [3.8, 4) is 33.8 Å². The number of imidazole rings is 1. The van der Waals surface area contributed by atoms with Crippen LogP contribution in [0.3, 0.4) is 0 Å². The summed E-state index contributed by atoms with van der Waals surface area (Å²) in [6.07, 6.45) is 8.27. The molecule has 148 valence electrons. The molecule has 9 heteroatoms. The molecule has 0 aliphatic rings. The molecule has 0 aliphatic heterocycles. The Hall–Kier alpha value is -4.53. The molecule has 0 amide bonds. The maximum atomic E-state index is 14.4. The van der Waals surface area contributed by atoms with Gasteiger partial charge in [0.05, 0.1) is 10.9 Å². The van der Waals surface area contributed by atoms with Crippen LogP contribution < -0.4 is 0 Å². The third-order valence-electron chi connectivity index (χ3n) is 5.10. The van der Waals surface area contributed by atoms with Crippen molar-refractivity contribution in [1.82, 2.24) is 40.1 Å². The van der Waals surface area contributed by atoms with Gasteiger partial charge in [-0.3, -0.25) is 5.10 Å². The summed E-state index contributed by atoms with van der Waals surface area (Å²) in [6.45, 7) is 0. The molecular weight excluding hydrogens is 395 g/mol. The van der Waals surface area contributed by atoms with Crippen molar-refractivity contribution in [2.75, 3.05) is 0 Å².